The van der Waals surface area contributed by atoms with Crippen molar-refractivity contribution < 1.29 is 4.42 Å². The lowest BCUT2D eigenvalue weighted by atomic mass is 10.1. The van der Waals surface area contributed by atoms with Gasteiger partial charge in [0.1, 0.15) is 0 Å². The van der Waals surface area contributed by atoms with E-state index in [1.54, 1.807) is 6.20 Å². The average Bonchev–Trinajstić information content (AvgIpc) is 2.70. The van der Waals surface area contributed by atoms with Gasteiger partial charge in [-0.05, 0) is 23.8 Å². The summed E-state index contributed by atoms with van der Waals surface area (Å²) in [6.07, 6.45) is 3.10. The summed E-state index contributed by atoms with van der Waals surface area (Å²) < 4.78 is 6.23. The van der Waals surface area contributed by atoms with Crippen LogP contribution < -0.4 is 5.73 Å². The lowest BCUT2D eigenvalue weighted by Gasteiger charge is -2.04. The molecule has 0 aliphatic heterocycles. The molecule has 1 aromatic carbocycles. The van der Waals surface area contributed by atoms with Crippen LogP contribution in [0.2, 0.25) is 0 Å². The normalized spacial score (nSPS) is 10.4. The number of nitrogens with zero attached hydrogens (tertiary/aromatic N) is 1. The van der Waals surface area contributed by atoms with Gasteiger partial charge < -0.3 is 10.2 Å². The van der Waals surface area contributed by atoms with E-state index in [9.17, 15) is 0 Å². The van der Waals surface area contributed by atoms with Crippen LogP contribution in [0, 0.1) is 0 Å². The first-order chi connectivity index (χ1) is 6.81. The molecule has 2 N–H and O–H groups in total. The van der Waals surface area contributed by atoms with Gasteiger partial charge in [-0.1, -0.05) is 15.9 Å². The van der Waals surface area contributed by atoms with Gasteiger partial charge in [-0.3, -0.25) is 0 Å². The van der Waals surface area contributed by atoms with E-state index in [1.807, 2.05) is 18.2 Å². The zero-order valence-corrected chi connectivity index (χ0v) is 8.99. The molecule has 0 aliphatic carbocycles. The lowest BCUT2D eigenvalue weighted by Crippen LogP contribution is -1.98. The predicted octanol–water partition coefficient (Wildman–Crippen LogP) is 2.56. The summed E-state index contributed by atoms with van der Waals surface area (Å²) in [5, 5.41) is 0. The third-order valence-electron chi connectivity index (χ3n) is 1.98. The highest BCUT2D eigenvalue weighted by Gasteiger charge is 2.06. The second kappa shape index (κ2) is 3.94. The number of hydrogen-bond donors (Lipinski definition) is 1. The third kappa shape index (κ3) is 1.71. The maximum atomic E-state index is 5.64. The number of oxazole rings is 1. The second-order valence-electron chi connectivity index (χ2n) is 2.87. The van der Waals surface area contributed by atoms with Gasteiger partial charge in [0.2, 0.25) is 0 Å². The maximum Gasteiger partial charge on any atom is 0.181 e. The molecule has 1 heterocycles. The topological polar surface area (TPSA) is 52.0 Å². The molecule has 2 rings (SSSR count). The van der Waals surface area contributed by atoms with Crippen LogP contribution in [0.5, 0.6) is 0 Å². The van der Waals surface area contributed by atoms with Gasteiger partial charge >= 0.3 is 0 Å². The SMILES string of the molecule is NCc1cc(Br)ccc1-c1cnco1. The molecule has 0 bridgehead atoms. The summed E-state index contributed by atoms with van der Waals surface area (Å²) in [6, 6.07) is 5.90. The van der Waals surface area contributed by atoms with Crippen LogP contribution in [0.1, 0.15) is 5.56 Å². The zero-order chi connectivity index (χ0) is 9.97. The summed E-state index contributed by atoms with van der Waals surface area (Å²) in [5.74, 6) is 0.748. The Morgan fingerprint density at radius 2 is 2.29 bits per heavy atom. The molecule has 0 radical (unpaired) electrons. The van der Waals surface area contributed by atoms with Gasteiger partial charge in [0.15, 0.2) is 12.2 Å². The summed E-state index contributed by atoms with van der Waals surface area (Å²) in [6.45, 7) is 0.482. The van der Waals surface area contributed by atoms with Crippen LogP contribution in [0.15, 0.2) is 39.7 Å². The van der Waals surface area contributed by atoms with Crippen molar-refractivity contribution >= 4 is 15.9 Å². The van der Waals surface area contributed by atoms with Crippen LogP contribution in [0.3, 0.4) is 0 Å². The van der Waals surface area contributed by atoms with Crippen molar-refractivity contribution in [2.24, 2.45) is 5.73 Å². The highest BCUT2D eigenvalue weighted by molar-refractivity contribution is 9.10. The van der Waals surface area contributed by atoms with Crippen molar-refractivity contribution in [3.05, 3.63) is 40.8 Å². The Balaban J connectivity index is 2.53. The van der Waals surface area contributed by atoms with E-state index in [0.29, 0.717) is 6.54 Å². The van der Waals surface area contributed by atoms with Crippen molar-refractivity contribution in [1.82, 2.24) is 4.98 Å². The van der Waals surface area contributed by atoms with E-state index in [0.717, 1.165) is 21.4 Å². The molecular formula is C10H9BrN2O. The van der Waals surface area contributed by atoms with Gasteiger partial charge in [0.25, 0.3) is 0 Å². The van der Waals surface area contributed by atoms with E-state index in [2.05, 4.69) is 20.9 Å². The molecule has 0 atom stereocenters. The Morgan fingerprint density at radius 3 is 2.93 bits per heavy atom. The first-order valence-electron chi connectivity index (χ1n) is 4.18. The van der Waals surface area contributed by atoms with Gasteiger partial charge in [-0.2, -0.15) is 0 Å². The molecule has 0 saturated carbocycles. The fraction of sp³-hybridized carbons (Fsp3) is 0.100. The summed E-state index contributed by atoms with van der Waals surface area (Å²) in [7, 11) is 0. The second-order valence-corrected chi connectivity index (χ2v) is 3.79. The molecule has 3 nitrogen and oxygen atoms in total. The Labute approximate surface area is 90.1 Å². The Kier molecular flexibility index (Phi) is 2.65. The van der Waals surface area contributed by atoms with Gasteiger partial charge in [-0.25, -0.2) is 4.98 Å². The quantitative estimate of drug-likeness (QED) is 0.894. The van der Waals surface area contributed by atoms with Crippen molar-refractivity contribution in [3.63, 3.8) is 0 Å². The Hall–Kier alpha value is -1.13. The van der Waals surface area contributed by atoms with Crippen LogP contribution in [-0.2, 0) is 6.54 Å². The predicted molar refractivity (Wildman–Crippen MR) is 57.5 cm³/mol. The van der Waals surface area contributed by atoms with E-state index in [4.69, 9.17) is 10.2 Å². The van der Waals surface area contributed by atoms with E-state index in [-0.39, 0.29) is 0 Å². The first-order valence-corrected chi connectivity index (χ1v) is 4.98. The van der Waals surface area contributed by atoms with E-state index < -0.39 is 0 Å². The first kappa shape index (κ1) is 9.43. The van der Waals surface area contributed by atoms with E-state index >= 15 is 0 Å². The van der Waals surface area contributed by atoms with Gasteiger partial charge in [-0.15, -0.1) is 0 Å². The molecule has 0 unspecified atom stereocenters. The monoisotopic (exact) mass is 252 g/mol. The van der Waals surface area contributed by atoms with Crippen LogP contribution in [0.25, 0.3) is 11.3 Å². The number of hydrogen-bond acceptors (Lipinski definition) is 3. The molecule has 14 heavy (non-hydrogen) atoms. The molecule has 0 aliphatic rings. The molecular weight excluding hydrogens is 244 g/mol. The molecule has 0 amide bonds. The number of halogens is 1. The molecule has 0 saturated heterocycles. The standard InChI is InChI=1S/C10H9BrN2O/c11-8-1-2-9(7(3-8)4-12)10-5-13-6-14-10/h1-3,5-6H,4,12H2. The summed E-state index contributed by atoms with van der Waals surface area (Å²) >= 11 is 3.40. The Bertz CT molecular complexity index is 426. The van der Waals surface area contributed by atoms with Crippen LogP contribution >= 0.6 is 15.9 Å². The minimum atomic E-state index is 0.482. The molecule has 2 aromatic rings. The highest BCUT2D eigenvalue weighted by atomic mass is 79.9. The smallest absolute Gasteiger partial charge is 0.181 e. The lowest BCUT2D eigenvalue weighted by molar-refractivity contribution is 0.571. The number of nitrogens with two attached hydrogens (primary N) is 1. The minimum Gasteiger partial charge on any atom is -0.444 e. The molecule has 72 valence electrons. The zero-order valence-electron chi connectivity index (χ0n) is 7.40. The van der Waals surface area contributed by atoms with Gasteiger partial charge in [0, 0.05) is 16.6 Å². The van der Waals surface area contributed by atoms with Crippen molar-refractivity contribution in [3.8, 4) is 11.3 Å². The van der Waals surface area contributed by atoms with Gasteiger partial charge in [0.05, 0.1) is 6.20 Å². The third-order valence-corrected chi connectivity index (χ3v) is 2.48. The van der Waals surface area contributed by atoms with Crippen LogP contribution in [-0.4, -0.2) is 4.98 Å². The summed E-state index contributed by atoms with van der Waals surface area (Å²) in [5.41, 5.74) is 7.67. The number of benzene rings is 1. The van der Waals surface area contributed by atoms with Crippen molar-refractivity contribution in [1.29, 1.82) is 0 Å². The fourth-order valence-corrected chi connectivity index (χ4v) is 1.73. The van der Waals surface area contributed by atoms with Crippen LogP contribution in [0.4, 0.5) is 0 Å². The minimum absolute atomic E-state index is 0.482. The Morgan fingerprint density at radius 1 is 1.43 bits per heavy atom. The van der Waals surface area contributed by atoms with Crippen molar-refractivity contribution in [2.75, 3.05) is 0 Å². The van der Waals surface area contributed by atoms with Crippen molar-refractivity contribution in [2.45, 2.75) is 6.54 Å². The van der Waals surface area contributed by atoms with E-state index in [1.165, 1.54) is 6.39 Å². The largest absolute Gasteiger partial charge is 0.444 e. The maximum absolute atomic E-state index is 5.64. The molecule has 0 fully saturated rings. The highest BCUT2D eigenvalue weighted by Crippen LogP contribution is 2.25. The average molecular weight is 253 g/mol. The fourth-order valence-electron chi connectivity index (χ4n) is 1.32. The number of rotatable bonds is 2. The molecule has 1 aromatic heterocycles. The molecule has 0 spiro atoms. The summed E-state index contributed by atoms with van der Waals surface area (Å²) in [4.78, 5) is 3.88. The molecule has 4 heteroatoms. The number of aromatic nitrogens is 1.